The van der Waals surface area contributed by atoms with E-state index in [1.54, 1.807) is 6.07 Å². The normalized spacial score (nSPS) is 21.2. The van der Waals surface area contributed by atoms with Crippen LogP contribution >= 0.6 is 12.4 Å². The Morgan fingerprint density at radius 2 is 1.97 bits per heavy atom. The first-order valence-electron chi connectivity index (χ1n) is 10.9. The van der Waals surface area contributed by atoms with E-state index in [1.807, 2.05) is 7.05 Å². The summed E-state index contributed by atoms with van der Waals surface area (Å²) < 4.78 is 47.9. The summed E-state index contributed by atoms with van der Waals surface area (Å²) >= 11 is 0. The van der Waals surface area contributed by atoms with Gasteiger partial charge < -0.3 is 20.3 Å². The van der Waals surface area contributed by atoms with Gasteiger partial charge in [-0.25, -0.2) is 13.8 Å². The highest BCUT2D eigenvalue weighted by atomic mass is 35.5. The summed E-state index contributed by atoms with van der Waals surface area (Å²) in [5.74, 6) is -2.06. The van der Waals surface area contributed by atoms with Crippen molar-refractivity contribution in [2.24, 2.45) is 0 Å². The summed E-state index contributed by atoms with van der Waals surface area (Å²) in [7, 11) is 1.96. The molecule has 2 fully saturated rings. The predicted octanol–water partition coefficient (Wildman–Crippen LogP) is 3.63. The van der Waals surface area contributed by atoms with Gasteiger partial charge in [0.25, 0.3) is 0 Å². The summed E-state index contributed by atoms with van der Waals surface area (Å²) in [4.78, 5) is 6.03. The second kappa shape index (κ2) is 11.3. The molecule has 1 aliphatic carbocycles. The van der Waals surface area contributed by atoms with Crippen molar-refractivity contribution in [2.45, 2.75) is 43.9 Å². The van der Waals surface area contributed by atoms with Crippen molar-refractivity contribution in [3.63, 3.8) is 0 Å². The third-order valence-corrected chi connectivity index (χ3v) is 6.15. The lowest BCUT2D eigenvalue weighted by atomic mass is 10.0. The Kier molecular flexibility index (Phi) is 8.76. The highest BCUT2D eigenvalue weighted by molar-refractivity contribution is 5.85. The number of benzene rings is 1. The fourth-order valence-electron chi connectivity index (χ4n) is 4.30. The Labute approximate surface area is 193 Å². The van der Waals surface area contributed by atoms with Gasteiger partial charge in [0.15, 0.2) is 11.6 Å². The van der Waals surface area contributed by atoms with Gasteiger partial charge in [0.05, 0.1) is 0 Å². The second-order valence-electron chi connectivity index (χ2n) is 8.38. The lowest BCUT2D eigenvalue weighted by molar-refractivity contribution is 0.198. The number of aromatic nitrogens is 1. The number of nitrogens with one attached hydrogen (secondary N) is 2. The number of halogens is 4. The quantitative estimate of drug-likeness (QED) is 0.548. The van der Waals surface area contributed by atoms with E-state index in [-0.39, 0.29) is 42.3 Å². The first-order chi connectivity index (χ1) is 15.0. The van der Waals surface area contributed by atoms with E-state index in [0.29, 0.717) is 11.6 Å². The number of hydrogen-bond donors (Lipinski definition) is 2. The van der Waals surface area contributed by atoms with Crippen molar-refractivity contribution >= 4 is 12.4 Å². The molecule has 1 saturated carbocycles. The van der Waals surface area contributed by atoms with Crippen LogP contribution in [0.15, 0.2) is 30.5 Å². The minimum absolute atomic E-state index is 0. The van der Waals surface area contributed by atoms with Crippen molar-refractivity contribution in [1.29, 1.82) is 0 Å². The Morgan fingerprint density at radius 1 is 1.19 bits per heavy atom. The van der Waals surface area contributed by atoms with Gasteiger partial charge in [-0.1, -0.05) is 0 Å². The van der Waals surface area contributed by atoms with Gasteiger partial charge >= 0.3 is 0 Å². The van der Waals surface area contributed by atoms with Crippen LogP contribution in [0.25, 0.3) is 0 Å². The maximum atomic E-state index is 14.5. The molecule has 2 heterocycles. The minimum atomic E-state index is -0.761. The van der Waals surface area contributed by atoms with Gasteiger partial charge in [0.1, 0.15) is 12.4 Å². The van der Waals surface area contributed by atoms with Crippen molar-refractivity contribution in [3.05, 3.63) is 59.2 Å². The van der Waals surface area contributed by atoms with E-state index < -0.39 is 17.6 Å². The van der Waals surface area contributed by atoms with Gasteiger partial charge in [0, 0.05) is 54.5 Å². The molecule has 9 heteroatoms. The van der Waals surface area contributed by atoms with Gasteiger partial charge in [0.2, 0.25) is 5.95 Å². The van der Waals surface area contributed by atoms with Gasteiger partial charge in [-0.3, -0.25) is 0 Å². The topological polar surface area (TPSA) is 49.4 Å². The Bertz CT molecular complexity index is 896. The molecule has 1 aromatic carbocycles. The van der Waals surface area contributed by atoms with E-state index in [1.165, 1.54) is 18.3 Å². The third kappa shape index (κ3) is 6.13. The molecule has 2 N–H and O–H groups in total. The first-order valence-corrected chi connectivity index (χ1v) is 10.9. The van der Waals surface area contributed by atoms with Crippen LogP contribution in [0.2, 0.25) is 0 Å². The molecule has 2 aliphatic rings. The number of pyridine rings is 1. The molecule has 5 nitrogen and oxygen atoms in total. The maximum absolute atomic E-state index is 14.5. The van der Waals surface area contributed by atoms with E-state index in [2.05, 4.69) is 20.5 Å². The van der Waals surface area contributed by atoms with Crippen LogP contribution in [0.1, 0.15) is 36.3 Å². The molecule has 1 saturated heterocycles. The average molecular weight is 471 g/mol. The van der Waals surface area contributed by atoms with Crippen LogP contribution in [-0.4, -0.2) is 55.2 Å². The fraction of sp³-hybridized carbons (Fsp3) is 0.522. The van der Waals surface area contributed by atoms with E-state index >= 15 is 0 Å². The van der Waals surface area contributed by atoms with Crippen molar-refractivity contribution in [1.82, 2.24) is 20.5 Å². The van der Waals surface area contributed by atoms with E-state index in [9.17, 15) is 13.2 Å². The third-order valence-electron chi connectivity index (χ3n) is 6.15. The summed E-state index contributed by atoms with van der Waals surface area (Å²) in [6.45, 7) is 3.98. The number of likely N-dealkylation sites (tertiary alicyclic amines) is 1. The van der Waals surface area contributed by atoms with Crippen LogP contribution in [-0.2, 0) is 6.61 Å². The highest BCUT2D eigenvalue weighted by Gasteiger charge is 2.42. The summed E-state index contributed by atoms with van der Waals surface area (Å²) in [6, 6.07) is 5.86. The number of nitrogens with zero attached hydrogens (tertiary/aromatic N) is 2. The zero-order valence-corrected chi connectivity index (χ0v) is 18.9. The zero-order chi connectivity index (χ0) is 21.8. The van der Waals surface area contributed by atoms with Crippen molar-refractivity contribution < 1.29 is 17.9 Å². The minimum Gasteiger partial charge on any atom is -0.485 e. The van der Waals surface area contributed by atoms with Crippen LogP contribution in [0, 0.1) is 17.6 Å². The summed E-state index contributed by atoms with van der Waals surface area (Å²) in [5, 5.41) is 6.83. The second-order valence-corrected chi connectivity index (χ2v) is 8.38. The Hall–Kier alpha value is -1.87. The van der Waals surface area contributed by atoms with Crippen LogP contribution in [0.3, 0.4) is 0 Å². The molecule has 1 aromatic heterocycles. The van der Waals surface area contributed by atoms with Crippen LogP contribution in [0.4, 0.5) is 13.2 Å². The predicted molar refractivity (Wildman–Crippen MR) is 120 cm³/mol. The lowest BCUT2D eigenvalue weighted by Crippen LogP contribution is -2.45. The molecular weight excluding hydrogens is 441 g/mol. The molecule has 4 rings (SSSR count). The number of likely N-dealkylation sites (N-methyl/N-ethyl adjacent to an activating group) is 1. The smallest absolute Gasteiger partial charge is 0.219 e. The molecule has 32 heavy (non-hydrogen) atoms. The summed E-state index contributed by atoms with van der Waals surface area (Å²) in [5.41, 5.74) is 0.735. The molecule has 0 spiro atoms. The SMILES string of the molecule is CNCCN1CCC(N[C@@H]2C[C@H]2c2cc(F)cc(F)c2OCc2cccnc2F)CC1.Cl. The van der Waals surface area contributed by atoms with Crippen molar-refractivity contribution in [3.8, 4) is 5.75 Å². The average Bonchev–Trinajstić information content (AvgIpc) is 3.52. The maximum Gasteiger partial charge on any atom is 0.219 e. The number of rotatable bonds is 9. The van der Waals surface area contributed by atoms with Gasteiger partial charge in [-0.05, 0) is 57.6 Å². The number of piperidine rings is 1. The molecule has 0 unspecified atom stereocenters. The molecule has 0 amide bonds. The first kappa shape index (κ1) is 24.8. The highest BCUT2D eigenvalue weighted by Crippen LogP contribution is 2.46. The molecule has 2 atom stereocenters. The molecule has 0 radical (unpaired) electrons. The Morgan fingerprint density at radius 3 is 2.69 bits per heavy atom. The summed E-state index contributed by atoms with van der Waals surface area (Å²) in [6.07, 6.45) is 4.27. The molecular formula is C23H30ClF3N4O. The molecule has 0 bridgehead atoms. The van der Waals surface area contributed by atoms with Gasteiger partial charge in [-0.15, -0.1) is 12.4 Å². The van der Waals surface area contributed by atoms with Crippen molar-refractivity contribution in [2.75, 3.05) is 33.2 Å². The van der Waals surface area contributed by atoms with E-state index in [0.717, 1.165) is 51.5 Å². The lowest BCUT2D eigenvalue weighted by Gasteiger charge is -2.32. The fourth-order valence-corrected chi connectivity index (χ4v) is 4.30. The Balaban J connectivity index is 0.00000289. The molecule has 2 aromatic rings. The standard InChI is InChI=1S/C23H29F3N4O.ClH/c1-27-7-10-30-8-4-17(5-9-30)29-21-13-18(21)19-11-16(24)12-20(25)22(19)31-14-15-3-2-6-28-23(15)26;/h2-3,6,11-12,17-18,21,27,29H,4-5,7-10,13-14H2,1H3;1H/t18-,21+;/m0./s1. The van der Waals surface area contributed by atoms with Gasteiger partial charge in [-0.2, -0.15) is 4.39 Å². The zero-order valence-electron chi connectivity index (χ0n) is 18.1. The van der Waals surface area contributed by atoms with E-state index in [4.69, 9.17) is 4.74 Å². The largest absolute Gasteiger partial charge is 0.485 e. The monoisotopic (exact) mass is 470 g/mol. The molecule has 176 valence electrons. The van der Waals surface area contributed by atoms with Crippen LogP contribution in [0.5, 0.6) is 5.75 Å². The number of hydrogen-bond acceptors (Lipinski definition) is 5. The number of ether oxygens (including phenoxy) is 1. The molecule has 1 aliphatic heterocycles. The van der Waals surface area contributed by atoms with Crippen LogP contribution < -0.4 is 15.4 Å².